The van der Waals surface area contributed by atoms with Crippen LogP contribution in [0.5, 0.6) is 0 Å². The van der Waals surface area contributed by atoms with Gasteiger partial charge in [0.1, 0.15) is 0 Å². The predicted molar refractivity (Wildman–Crippen MR) is 84.2 cm³/mol. The SMILES string of the molecule is COC(=O)CCCC(=O)NCc1ccc(-c2cnn(C)c2)nc1. The molecule has 0 radical (unpaired) electrons. The Morgan fingerprint density at radius 3 is 2.70 bits per heavy atom. The van der Waals surface area contributed by atoms with Crippen molar-refractivity contribution in [3.8, 4) is 11.3 Å². The van der Waals surface area contributed by atoms with E-state index in [0.717, 1.165) is 16.8 Å². The zero-order chi connectivity index (χ0) is 16.7. The number of hydrogen-bond donors (Lipinski definition) is 1. The van der Waals surface area contributed by atoms with Crippen LogP contribution in [-0.2, 0) is 27.9 Å². The minimum Gasteiger partial charge on any atom is -0.469 e. The normalized spacial score (nSPS) is 10.3. The Labute approximate surface area is 134 Å². The lowest BCUT2D eigenvalue weighted by atomic mass is 10.2. The molecule has 2 heterocycles. The Morgan fingerprint density at radius 2 is 2.09 bits per heavy atom. The highest BCUT2D eigenvalue weighted by atomic mass is 16.5. The fraction of sp³-hybridized carbons (Fsp3) is 0.375. The molecule has 2 aromatic rings. The first-order valence-corrected chi connectivity index (χ1v) is 7.36. The van der Waals surface area contributed by atoms with Gasteiger partial charge < -0.3 is 10.1 Å². The van der Waals surface area contributed by atoms with Crippen molar-refractivity contribution >= 4 is 11.9 Å². The summed E-state index contributed by atoms with van der Waals surface area (Å²) in [5.74, 6) is -0.391. The molecule has 23 heavy (non-hydrogen) atoms. The molecule has 1 N–H and O–H groups in total. The predicted octanol–water partition coefficient (Wildman–Crippen LogP) is 1.44. The fourth-order valence-corrected chi connectivity index (χ4v) is 2.04. The van der Waals surface area contributed by atoms with Crippen molar-refractivity contribution in [2.45, 2.75) is 25.8 Å². The van der Waals surface area contributed by atoms with Crippen molar-refractivity contribution in [1.29, 1.82) is 0 Å². The van der Waals surface area contributed by atoms with Crippen LogP contribution in [0.2, 0.25) is 0 Å². The zero-order valence-electron chi connectivity index (χ0n) is 13.3. The first-order chi connectivity index (χ1) is 11.1. The number of carbonyl (C=O) groups excluding carboxylic acids is 2. The summed E-state index contributed by atoms with van der Waals surface area (Å²) in [5, 5.41) is 6.92. The van der Waals surface area contributed by atoms with Crippen molar-refractivity contribution in [1.82, 2.24) is 20.1 Å². The number of pyridine rings is 1. The van der Waals surface area contributed by atoms with Crippen molar-refractivity contribution in [2.75, 3.05) is 7.11 Å². The Morgan fingerprint density at radius 1 is 1.26 bits per heavy atom. The van der Waals surface area contributed by atoms with Crippen molar-refractivity contribution in [2.24, 2.45) is 7.05 Å². The van der Waals surface area contributed by atoms with Crippen molar-refractivity contribution in [3.05, 3.63) is 36.3 Å². The molecule has 7 nitrogen and oxygen atoms in total. The molecule has 1 amide bonds. The molecule has 0 aromatic carbocycles. The third-order valence-corrected chi connectivity index (χ3v) is 3.33. The number of esters is 1. The molecule has 0 saturated heterocycles. The lowest BCUT2D eigenvalue weighted by molar-refractivity contribution is -0.140. The molecule has 7 heteroatoms. The van der Waals surface area contributed by atoms with E-state index < -0.39 is 0 Å². The molecule has 0 aliphatic carbocycles. The molecule has 0 unspecified atom stereocenters. The van der Waals surface area contributed by atoms with Gasteiger partial charge in [0, 0.05) is 44.4 Å². The Hall–Kier alpha value is -2.70. The van der Waals surface area contributed by atoms with Gasteiger partial charge in [0.2, 0.25) is 5.91 Å². The van der Waals surface area contributed by atoms with Gasteiger partial charge in [-0.3, -0.25) is 19.3 Å². The molecule has 0 bridgehead atoms. The number of ether oxygens (including phenoxy) is 1. The minimum absolute atomic E-state index is 0.0924. The van der Waals surface area contributed by atoms with E-state index in [1.165, 1.54) is 7.11 Å². The van der Waals surface area contributed by atoms with Gasteiger partial charge in [-0.2, -0.15) is 5.10 Å². The lowest BCUT2D eigenvalue weighted by Gasteiger charge is -2.05. The molecule has 0 aliphatic heterocycles. The third kappa shape index (κ3) is 5.21. The molecule has 2 rings (SSSR count). The molecule has 0 aliphatic rings. The Balaban J connectivity index is 1.77. The van der Waals surface area contributed by atoms with Crippen LogP contribution in [0.3, 0.4) is 0 Å². The van der Waals surface area contributed by atoms with Gasteiger partial charge in [0.15, 0.2) is 0 Å². The average Bonchev–Trinajstić information content (AvgIpc) is 2.99. The number of aromatic nitrogens is 3. The molecular formula is C16H20N4O3. The topological polar surface area (TPSA) is 86.1 Å². The number of rotatable bonds is 7. The summed E-state index contributed by atoms with van der Waals surface area (Å²) >= 11 is 0. The first kappa shape index (κ1) is 16.7. The van der Waals surface area contributed by atoms with Gasteiger partial charge >= 0.3 is 5.97 Å². The minimum atomic E-state index is -0.298. The highest BCUT2D eigenvalue weighted by Gasteiger charge is 2.06. The third-order valence-electron chi connectivity index (χ3n) is 3.33. The van der Waals surface area contributed by atoms with Crippen LogP contribution in [-0.4, -0.2) is 33.8 Å². The Bertz CT molecular complexity index is 664. The zero-order valence-corrected chi connectivity index (χ0v) is 13.3. The highest BCUT2D eigenvalue weighted by Crippen LogP contribution is 2.15. The van der Waals surface area contributed by atoms with Gasteiger partial charge in [0.05, 0.1) is 19.0 Å². The number of nitrogens with zero attached hydrogens (tertiary/aromatic N) is 3. The molecule has 0 fully saturated rings. The summed E-state index contributed by atoms with van der Waals surface area (Å²) in [6.45, 7) is 0.414. The van der Waals surface area contributed by atoms with Crippen LogP contribution in [0.25, 0.3) is 11.3 Å². The second-order valence-electron chi connectivity index (χ2n) is 5.16. The highest BCUT2D eigenvalue weighted by molar-refractivity contribution is 5.77. The molecule has 0 spiro atoms. The fourth-order valence-electron chi connectivity index (χ4n) is 2.04. The van der Waals surface area contributed by atoms with E-state index in [2.05, 4.69) is 20.1 Å². The van der Waals surface area contributed by atoms with Crippen molar-refractivity contribution < 1.29 is 14.3 Å². The number of amides is 1. The van der Waals surface area contributed by atoms with E-state index in [9.17, 15) is 9.59 Å². The quantitative estimate of drug-likeness (QED) is 0.781. The first-order valence-electron chi connectivity index (χ1n) is 7.36. The van der Waals surface area contributed by atoms with Crippen LogP contribution in [0.1, 0.15) is 24.8 Å². The van der Waals surface area contributed by atoms with Crippen LogP contribution in [0.15, 0.2) is 30.7 Å². The number of nitrogens with one attached hydrogen (secondary N) is 1. The standard InChI is InChI=1S/C16H20N4O3/c1-20-11-13(10-19-20)14-7-6-12(8-17-14)9-18-15(21)4-3-5-16(22)23-2/h6-8,10-11H,3-5,9H2,1-2H3,(H,18,21). The van der Waals surface area contributed by atoms with E-state index in [0.29, 0.717) is 19.4 Å². The van der Waals surface area contributed by atoms with Gasteiger partial charge in [-0.15, -0.1) is 0 Å². The second kappa shape index (κ2) is 8.07. The number of carbonyl (C=O) groups is 2. The summed E-state index contributed by atoms with van der Waals surface area (Å²) in [6, 6.07) is 3.82. The smallest absolute Gasteiger partial charge is 0.305 e. The number of aryl methyl sites for hydroxylation is 1. The lowest BCUT2D eigenvalue weighted by Crippen LogP contribution is -2.22. The summed E-state index contributed by atoms with van der Waals surface area (Å²) in [6.07, 6.45) is 6.42. The van der Waals surface area contributed by atoms with Gasteiger partial charge in [0.25, 0.3) is 0 Å². The van der Waals surface area contributed by atoms with Crippen molar-refractivity contribution in [3.63, 3.8) is 0 Å². The maximum Gasteiger partial charge on any atom is 0.305 e. The maximum absolute atomic E-state index is 11.7. The monoisotopic (exact) mass is 316 g/mol. The number of methoxy groups -OCH3 is 1. The van der Waals surface area contributed by atoms with Crippen LogP contribution in [0, 0.1) is 0 Å². The largest absolute Gasteiger partial charge is 0.469 e. The summed E-state index contributed by atoms with van der Waals surface area (Å²) in [5.41, 5.74) is 2.70. The van der Waals surface area contributed by atoms with E-state index in [4.69, 9.17) is 0 Å². The molecule has 0 atom stereocenters. The second-order valence-corrected chi connectivity index (χ2v) is 5.16. The molecular weight excluding hydrogens is 296 g/mol. The summed E-state index contributed by atoms with van der Waals surface area (Å²) in [4.78, 5) is 27.0. The van der Waals surface area contributed by atoms with Gasteiger partial charge in [-0.1, -0.05) is 6.07 Å². The Kier molecular flexibility index (Phi) is 5.85. The summed E-state index contributed by atoms with van der Waals surface area (Å²) < 4.78 is 6.25. The average molecular weight is 316 g/mol. The van der Waals surface area contributed by atoms with Gasteiger partial charge in [-0.25, -0.2) is 0 Å². The van der Waals surface area contributed by atoms with E-state index >= 15 is 0 Å². The van der Waals surface area contributed by atoms with Crippen LogP contribution in [0.4, 0.5) is 0 Å². The number of hydrogen-bond acceptors (Lipinski definition) is 5. The van der Waals surface area contributed by atoms with E-state index in [1.807, 2.05) is 25.4 Å². The van der Waals surface area contributed by atoms with E-state index in [1.54, 1.807) is 17.1 Å². The van der Waals surface area contributed by atoms with Crippen LogP contribution >= 0.6 is 0 Å². The van der Waals surface area contributed by atoms with Crippen LogP contribution < -0.4 is 5.32 Å². The maximum atomic E-state index is 11.7. The van der Waals surface area contributed by atoms with Gasteiger partial charge in [-0.05, 0) is 18.1 Å². The molecule has 0 saturated carbocycles. The summed E-state index contributed by atoms with van der Waals surface area (Å²) in [7, 11) is 3.19. The molecule has 2 aromatic heterocycles. The molecule has 122 valence electrons. The van der Waals surface area contributed by atoms with E-state index in [-0.39, 0.29) is 18.3 Å².